The van der Waals surface area contributed by atoms with E-state index in [4.69, 9.17) is 5.73 Å². The molecule has 7 nitrogen and oxygen atoms in total. The van der Waals surface area contributed by atoms with Gasteiger partial charge in [-0.3, -0.25) is 0 Å². The summed E-state index contributed by atoms with van der Waals surface area (Å²) in [6.07, 6.45) is 0.724. The largest absolute Gasteiger partial charge is 0.464 e. The summed E-state index contributed by atoms with van der Waals surface area (Å²) in [6.45, 7) is 2.66. The summed E-state index contributed by atoms with van der Waals surface area (Å²) in [6, 6.07) is -0.138. The average molecular weight is 319 g/mol. The molecule has 1 aromatic rings. The summed E-state index contributed by atoms with van der Waals surface area (Å²) in [5, 5.41) is 0. The molecule has 0 amide bonds. The van der Waals surface area contributed by atoms with E-state index in [0.29, 0.717) is 13.1 Å². The Kier molecular flexibility index (Phi) is 4.43. The summed E-state index contributed by atoms with van der Waals surface area (Å²) in [7, 11) is -2.54. The van der Waals surface area contributed by atoms with Gasteiger partial charge in [-0.2, -0.15) is 4.31 Å². The lowest BCUT2D eigenvalue weighted by Gasteiger charge is -2.20. The maximum absolute atomic E-state index is 12.7. The molecule has 1 aliphatic rings. The maximum atomic E-state index is 12.7. The second kappa shape index (κ2) is 5.76. The van der Waals surface area contributed by atoms with Crippen molar-refractivity contribution < 1.29 is 17.9 Å². The predicted octanol–water partition coefficient (Wildman–Crippen LogP) is 0.287. The number of ether oxygens (including phenoxy) is 1. The van der Waals surface area contributed by atoms with Crippen LogP contribution in [0.25, 0.3) is 0 Å². The normalized spacial score (nSPS) is 23.9. The van der Waals surface area contributed by atoms with Gasteiger partial charge in [0.05, 0.1) is 12.6 Å². The summed E-state index contributed by atoms with van der Waals surface area (Å²) in [5.41, 5.74) is 6.80. The summed E-state index contributed by atoms with van der Waals surface area (Å²) >= 11 is 0.925. The van der Waals surface area contributed by atoms with Crippen LogP contribution in [-0.2, 0) is 14.8 Å². The fourth-order valence-corrected chi connectivity index (χ4v) is 5.34. The van der Waals surface area contributed by atoms with Crippen LogP contribution in [0.5, 0.6) is 0 Å². The number of carbonyl (C=O) groups is 1. The molecule has 2 unspecified atom stereocenters. The molecule has 0 saturated carbocycles. The number of aromatic nitrogens is 1. The SMILES string of the molecule is COC(=O)c1ncsc1S(=O)(=O)N1CC(CN)CC1C. The van der Waals surface area contributed by atoms with Crippen molar-refractivity contribution >= 4 is 27.3 Å². The molecule has 0 aliphatic carbocycles. The standard InChI is InChI=1S/C11H17N3O4S2/c1-7-3-8(4-12)5-14(7)20(16,17)11-9(10(15)18-2)13-6-19-11/h6-8H,3-5,12H2,1-2H3. The van der Waals surface area contributed by atoms with Gasteiger partial charge in [0.2, 0.25) is 0 Å². The van der Waals surface area contributed by atoms with Gasteiger partial charge < -0.3 is 10.5 Å². The lowest BCUT2D eigenvalue weighted by molar-refractivity contribution is 0.0590. The number of hydrogen-bond acceptors (Lipinski definition) is 7. The Labute approximate surface area is 121 Å². The molecule has 1 saturated heterocycles. The first kappa shape index (κ1) is 15.4. The topological polar surface area (TPSA) is 103 Å². The van der Waals surface area contributed by atoms with Crippen molar-refractivity contribution in [2.75, 3.05) is 20.2 Å². The number of nitrogens with zero attached hydrogens (tertiary/aromatic N) is 2. The number of esters is 1. The molecule has 2 rings (SSSR count). The van der Waals surface area contributed by atoms with E-state index in [1.54, 1.807) is 0 Å². The Morgan fingerprint density at radius 2 is 2.35 bits per heavy atom. The molecule has 0 spiro atoms. The zero-order valence-corrected chi connectivity index (χ0v) is 12.9. The minimum absolute atomic E-state index is 0.0612. The molecule has 2 atom stereocenters. The van der Waals surface area contributed by atoms with Crippen molar-refractivity contribution in [2.24, 2.45) is 11.7 Å². The number of sulfonamides is 1. The van der Waals surface area contributed by atoms with Crippen molar-refractivity contribution in [3.8, 4) is 0 Å². The lowest BCUT2D eigenvalue weighted by atomic mass is 10.1. The average Bonchev–Trinajstić information content (AvgIpc) is 3.04. The van der Waals surface area contributed by atoms with E-state index in [1.807, 2.05) is 6.92 Å². The zero-order valence-electron chi connectivity index (χ0n) is 11.3. The number of carbonyl (C=O) groups excluding carboxylic acids is 1. The van der Waals surface area contributed by atoms with Crippen molar-refractivity contribution in [3.05, 3.63) is 11.2 Å². The molecule has 1 aliphatic heterocycles. The molecule has 20 heavy (non-hydrogen) atoms. The number of thiazole rings is 1. The summed E-state index contributed by atoms with van der Waals surface area (Å²) in [5.74, 6) is -0.596. The fourth-order valence-electron chi connectivity index (χ4n) is 2.37. The molecule has 112 valence electrons. The molecule has 0 bridgehead atoms. The van der Waals surface area contributed by atoms with Crippen LogP contribution in [0, 0.1) is 5.92 Å². The number of rotatable bonds is 4. The fraction of sp³-hybridized carbons (Fsp3) is 0.636. The van der Waals surface area contributed by atoms with Crippen molar-refractivity contribution in [1.29, 1.82) is 0 Å². The van der Waals surface area contributed by atoms with E-state index in [9.17, 15) is 13.2 Å². The van der Waals surface area contributed by atoms with Gasteiger partial charge in [-0.25, -0.2) is 18.2 Å². The molecule has 1 aromatic heterocycles. The van der Waals surface area contributed by atoms with Crippen LogP contribution in [-0.4, -0.2) is 49.9 Å². The van der Waals surface area contributed by atoms with Gasteiger partial charge in [-0.1, -0.05) is 0 Å². The zero-order chi connectivity index (χ0) is 14.9. The quantitative estimate of drug-likeness (QED) is 0.800. The highest BCUT2D eigenvalue weighted by atomic mass is 32.2. The second-order valence-corrected chi connectivity index (χ2v) is 7.68. The van der Waals surface area contributed by atoms with Crippen LogP contribution in [0.15, 0.2) is 9.72 Å². The molecule has 0 radical (unpaired) electrons. The number of methoxy groups -OCH3 is 1. The Morgan fingerprint density at radius 3 is 2.90 bits per heavy atom. The van der Waals surface area contributed by atoms with Crippen LogP contribution in [0.2, 0.25) is 0 Å². The summed E-state index contributed by atoms with van der Waals surface area (Å²) < 4.78 is 31.2. The molecule has 2 heterocycles. The van der Waals surface area contributed by atoms with Crippen molar-refractivity contribution in [3.63, 3.8) is 0 Å². The number of hydrogen-bond donors (Lipinski definition) is 1. The van der Waals surface area contributed by atoms with Crippen molar-refractivity contribution in [2.45, 2.75) is 23.6 Å². The van der Waals surface area contributed by atoms with Crippen LogP contribution in [0.1, 0.15) is 23.8 Å². The van der Waals surface area contributed by atoms with E-state index in [0.717, 1.165) is 17.8 Å². The molecular formula is C11H17N3O4S2. The van der Waals surface area contributed by atoms with Crippen LogP contribution in [0.3, 0.4) is 0 Å². The van der Waals surface area contributed by atoms with Gasteiger partial charge in [-0.05, 0) is 25.8 Å². The third-order valence-electron chi connectivity index (χ3n) is 3.39. The minimum atomic E-state index is -3.74. The highest BCUT2D eigenvalue weighted by Gasteiger charge is 2.40. The van der Waals surface area contributed by atoms with Crippen LogP contribution >= 0.6 is 11.3 Å². The Bertz CT molecular complexity index is 599. The van der Waals surface area contributed by atoms with E-state index >= 15 is 0 Å². The highest BCUT2D eigenvalue weighted by molar-refractivity contribution is 7.91. The smallest absolute Gasteiger partial charge is 0.358 e. The minimum Gasteiger partial charge on any atom is -0.464 e. The molecule has 9 heteroatoms. The molecule has 1 fully saturated rings. The van der Waals surface area contributed by atoms with E-state index in [2.05, 4.69) is 9.72 Å². The maximum Gasteiger partial charge on any atom is 0.358 e. The van der Waals surface area contributed by atoms with Crippen LogP contribution < -0.4 is 5.73 Å². The van der Waals surface area contributed by atoms with Gasteiger partial charge in [0.1, 0.15) is 0 Å². The Balaban J connectivity index is 2.37. The summed E-state index contributed by atoms with van der Waals surface area (Å²) in [4.78, 5) is 15.4. The third-order valence-corrected chi connectivity index (χ3v) is 6.72. The first-order valence-corrected chi connectivity index (χ1v) is 8.47. The molecule has 0 aromatic carbocycles. The van der Waals surface area contributed by atoms with E-state index in [-0.39, 0.29) is 21.9 Å². The van der Waals surface area contributed by atoms with Gasteiger partial charge >= 0.3 is 5.97 Å². The lowest BCUT2D eigenvalue weighted by Crippen LogP contribution is -2.34. The van der Waals surface area contributed by atoms with Gasteiger partial charge in [0.25, 0.3) is 10.0 Å². The van der Waals surface area contributed by atoms with Crippen molar-refractivity contribution in [1.82, 2.24) is 9.29 Å². The molecular weight excluding hydrogens is 302 g/mol. The van der Waals surface area contributed by atoms with Gasteiger partial charge in [0.15, 0.2) is 9.90 Å². The Morgan fingerprint density at radius 1 is 1.65 bits per heavy atom. The third kappa shape index (κ3) is 2.58. The van der Waals surface area contributed by atoms with Crippen LogP contribution in [0.4, 0.5) is 0 Å². The van der Waals surface area contributed by atoms with E-state index < -0.39 is 16.0 Å². The first-order valence-electron chi connectivity index (χ1n) is 6.15. The number of nitrogens with two attached hydrogens (primary N) is 1. The second-order valence-electron chi connectivity index (χ2n) is 4.74. The monoisotopic (exact) mass is 319 g/mol. The van der Waals surface area contributed by atoms with Gasteiger partial charge in [0, 0.05) is 12.6 Å². The van der Waals surface area contributed by atoms with Gasteiger partial charge in [-0.15, -0.1) is 11.3 Å². The highest BCUT2D eigenvalue weighted by Crippen LogP contribution is 2.32. The molecule has 2 N–H and O–H groups in total. The Hall–Kier alpha value is -1.03. The first-order chi connectivity index (χ1) is 9.41. The van der Waals surface area contributed by atoms with E-state index in [1.165, 1.54) is 16.9 Å². The predicted molar refractivity (Wildman–Crippen MR) is 74.0 cm³/mol.